The minimum absolute atomic E-state index is 0.246. The van der Waals surface area contributed by atoms with Crippen molar-refractivity contribution < 1.29 is 13.9 Å². The molecule has 4 heteroatoms. The molecule has 0 saturated heterocycles. The van der Waals surface area contributed by atoms with Crippen LogP contribution < -0.4 is 14.8 Å². The summed E-state index contributed by atoms with van der Waals surface area (Å²) in [6, 6.07) is 12.6. The number of nitrogens with one attached hydrogen (secondary N) is 1. The number of methoxy groups -OCH3 is 1. The molecule has 0 aliphatic heterocycles. The lowest BCUT2D eigenvalue weighted by molar-refractivity contribution is 0.280. The van der Waals surface area contributed by atoms with Crippen LogP contribution in [0, 0.1) is 5.82 Å². The molecule has 0 bridgehead atoms. The smallest absolute Gasteiger partial charge is 0.166 e. The Morgan fingerprint density at radius 1 is 1.13 bits per heavy atom. The zero-order valence-corrected chi connectivity index (χ0v) is 13.9. The van der Waals surface area contributed by atoms with E-state index in [9.17, 15) is 4.39 Å². The first kappa shape index (κ1) is 17.3. The molecule has 0 spiro atoms. The Labute approximate surface area is 137 Å². The number of para-hydroxylation sites is 1. The van der Waals surface area contributed by atoms with Crippen LogP contribution in [0.2, 0.25) is 0 Å². The third kappa shape index (κ3) is 4.96. The van der Waals surface area contributed by atoms with Crippen LogP contribution in [0.4, 0.5) is 4.39 Å². The molecule has 2 aromatic rings. The van der Waals surface area contributed by atoms with E-state index in [4.69, 9.17) is 9.47 Å². The molecular weight excluding hydrogens is 293 g/mol. The van der Waals surface area contributed by atoms with E-state index in [1.807, 2.05) is 18.2 Å². The zero-order valence-electron chi connectivity index (χ0n) is 13.9. The average molecular weight is 317 g/mol. The number of ether oxygens (including phenoxy) is 2. The average Bonchev–Trinajstić information content (AvgIpc) is 2.59. The van der Waals surface area contributed by atoms with Gasteiger partial charge in [-0.2, -0.15) is 0 Å². The molecule has 2 aromatic carbocycles. The fraction of sp³-hybridized carbons (Fsp3) is 0.368. The van der Waals surface area contributed by atoms with Crippen molar-refractivity contribution in [1.29, 1.82) is 0 Å². The highest BCUT2D eigenvalue weighted by Gasteiger charge is 2.11. The maximum atomic E-state index is 13.0. The highest BCUT2D eigenvalue weighted by Crippen LogP contribution is 2.32. The molecule has 2 rings (SSSR count). The van der Waals surface area contributed by atoms with Gasteiger partial charge >= 0.3 is 0 Å². The standard InChI is InChI=1S/C19H24FNO2/c1-4-14(2)21-12-16-6-5-7-18(22-3)19(16)23-13-15-8-10-17(20)11-9-15/h5-11,14,21H,4,12-13H2,1-3H3. The van der Waals surface area contributed by atoms with Gasteiger partial charge in [0, 0.05) is 18.2 Å². The van der Waals surface area contributed by atoms with Crippen molar-refractivity contribution in [3.05, 3.63) is 59.4 Å². The summed E-state index contributed by atoms with van der Waals surface area (Å²) in [6.07, 6.45) is 1.07. The van der Waals surface area contributed by atoms with Gasteiger partial charge in [-0.1, -0.05) is 31.2 Å². The summed E-state index contributed by atoms with van der Waals surface area (Å²) >= 11 is 0. The Kier molecular flexibility index (Phi) is 6.41. The lowest BCUT2D eigenvalue weighted by Crippen LogP contribution is -2.24. The van der Waals surface area contributed by atoms with Gasteiger partial charge in [-0.05, 0) is 37.1 Å². The summed E-state index contributed by atoms with van der Waals surface area (Å²) in [5.41, 5.74) is 1.96. The molecule has 0 aliphatic carbocycles. The van der Waals surface area contributed by atoms with Gasteiger partial charge in [0.15, 0.2) is 11.5 Å². The summed E-state index contributed by atoms with van der Waals surface area (Å²) in [6.45, 7) is 5.39. The molecule has 3 nitrogen and oxygen atoms in total. The van der Waals surface area contributed by atoms with E-state index in [1.165, 1.54) is 12.1 Å². The minimum Gasteiger partial charge on any atom is -0.493 e. The quantitative estimate of drug-likeness (QED) is 0.787. The van der Waals surface area contributed by atoms with E-state index >= 15 is 0 Å². The second-order valence-electron chi connectivity index (χ2n) is 5.55. The van der Waals surface area contributed by atoms with Crippen molar-refractivity contribution in [3.63, 3.8) is 0 Å². The number of halogens is 1. The summed E-state index contributed by atoms with van der Waals surface area (Å²) in [5.74, 6) is 1.19. The van der Waals surface area contributed by atoms with Crippen molar-refractivity contribution in [1.82, 2.24) is 5.32 Å². The topological polar surface area (TPSA) is 30.5 Å². The van der Waals surface area contributed by atoms with Gasteiger partial charge in [-0.25, -0.2) is 4.39 Å². The summed E-state index contributed by atoms with van der Waals surface area (Å²) in [4.78, 5) is 0. The molecule has 0 saturated carbocycles. The zero-order chi connectivity index (χ0) is 16.7. The Morgan fingerprint density at radius 3 is 2.52 bits per heavy atom. The maximum absolute atomic E-state index is 13.0. The van der Waals surface area contributed by atoms with Crippen LogP contribution in [0.5, 0.6) is 11.5 Å². The van der Waals surface area contributed by atoms with E-state index in [1.54, 1.807) is 19.2 Å². The molecule has 23 heavy (non-hydrogen) atoms. The molecule has 0 radical (unpaired) electrons. The van der Waals surface area contributed by atoms with Crippen molar-refractivity contribution in [2.24, 2.45) is 0 Å². The number of hydrogen-bond acceptors (Lipinski definition) is 3. The van der Waals surface area contributed by atoms with Gasteiger partial charge in [0.1, 0.15) is 12.4 Å². The van der Waals surface area contributed by atoms with E-state index in [2.05, 4.69) is 19.2 Å². The van der Waals surface area contributed by atoms with Crippen LogP contribution in [0.1, 0.15) is 31.4 Å². The number of hydrogen-bond donors (Lipinski definition) is 1. The molecule has 0 aromatic heterocycles. The predicted molar refractivity (Wildman–Crippen MR) is 90.3 cm³/mol. The molecule has 0 amide bonds. The van der Waals surface area contributed by atoms with E-state index in [0.717, 1.165) is 23.3 Å². The molecule has 1 atom stereocenters. The van der Waals surface area contributed by atoms with Crippen LogP contribution in [0.15, 0.2) is 42.5 Å². The Bertz CT molecular complexity index is 613. The Balaban J connectivity index is 2.12. The van der Waals surface area contributed by atoms with Gasteiger partial charge in [0.05, 0.1) is 7.11 Å². The first-order valence-corrected chi connectivity index (χ1v) is 7.90. The van der Waals surface area contributed by atoms with Crippen LogP contribution in [0.25, 0.3) is 0 Å². The van der Waals surface area contributed by atoms with Crippen molar-refractivity contribution in [2.45, 2.75) is 39.5 Å². The summed E-state index contributed by atoms with van der Waals surface area (Å²) in [7, 11) is 1.63. The van der Waals surface area contributed by atoms with Crippen LogP contribution in [-0.4, -0.2) is 13.2 Å². The first-order chi connectivity index (χ1) is 11.1. The second kappa shape index (κ2) is 8.53. The monoisotopic (exact) mass is 317 g/mol. The lowest BCUT2D eigenvalue weighted by Gasteiger charge is -2.17. The maximum Gasteiger partial charge on any atom is 0.166 e. The van der Waals surface area contributed by atoms with Crippen molar-refractivity contribution in [2.75, 3.05) is 7.11 Å². The fourth-order valence-corrected chi connectivity index (χ4v) is 2.19. The minimum atomic E-state index is -0.246. The Morgan fingerprint density at radius 2 is 1.87 bits per heavy atom. The predicted octanol–water partition coefficient (Wildman–Crippen LogP) is 4.30. The Hall–Kier alpha value is -2.07. The normalized spacial score (nSPS) is 12.0. The summed E-state index contributed by atoms with van der Waals surface area (Å²) in [5, 5.41) is 3.46. The third-order valence-electron chi connectivity index (χ3n) is 3.83. The van der Waals surface area contributed by atoms with Crippen molar-refractivity contribution >= 4 is 0 Å². The second-order valence-corrected chi connectivity index (χ2v) is 5.55. The van der Waals surface area contributed by atoms with Crippen molar-refractivity contribution in [3.8, 4) is 11.5 Å². The van der Waals surface area contributed by atoms with Gasteiger partial charge in [-0.3, -0.25) is 0 Å². The van der Waals surface area contributed by atoms with E-state index < -0.39 is 0 Å². The fourth-order valence-electron chi connectivity index (χ4n) is 2.19. The van der Waals surface area contributed by atoms with Gasteiger partial charge in [0.2, 0.25) is 0 Å². The van der Waals surface area contributed by atoms with Gasteiger partial charge in [-0.15, -0.1) is 0 Å². The molecule has 124 valence electrons. The summed E-state index contributed by atoms with van der Waals surface area (Å²) < 4.78 is 24.4. The molecule has 0 aliphatic rings. The first-order valence-electron chi connectivity index (χ1n) is 7.90. The highest BCUT2D eigenvalue weighted by molar-refractivity contribution is 5.46. The third-order valence-corrected chi connectivity index (χ3v) is 3.83. The number of benzene rings is 2. The van der Waals surface area contributed by atoms with Crippen LogP contribution in [0.3, 0.4) is 0 Å². The largest absolute Gasteiger partial charge is 0.493 e. The van der Waals surface area contributed by atoms with Gasteiger partial charge in [0.25, 0.3) is 0 Å². The molecular formula is C19H24FNO2. The highest BCUT2D eigenvalue weighted by atomic mass is 19.1. The molecule has 0 fully saturated rings. The molecule has 1 N–H and O–H groups in total. The van der Waals surface area contributed by atoms with E-state index in [0.29, 0.717) is 24.9 Å². The lowest BCUT2D eigenvalue weighted by atomic mass is 10.1. The van der Waals surface area contributed by atoms with Crippen LogP contribution >= 0.6 is 0 Å². The van der Waals surface area contributed by atoms with Gasteiger partial charge < -0.3 is 14.8 Å². The van der Waals surface area contributed by atoms with E-state index in [-0.39, 0.29) is 5.82 Å². The van der Waals surface area contributed by atoms with Crippen LogP contribution in [-0.2, 0) is 13.2 Å². The SMILES string of the molecule is CCC(C)NCc1cccc(OC)c1OCc1ccc(F)cc1. The number of rotatable bonds is 8. The molecule has 0 heterocycles. The molecule has 1 unspecified atom stereocenters.